The second-order valence-electron chi connectivity index (χ2n) is 6.61. The SMILES string of the molecule is Cc1cc(C)c2sc(N(Cc3ccccc3)C(=O)C3CC3)nc2c1. The van der Waals surface area contributed by atoms with Crippen LogP contribution in [0.15, 0.2) is 42.5 Å². The number of anilines is 1. The van der Waals surface area contributed by atoms with E-state index < -0.39 is 0 Å². The number of benzene rings is 2. The van der Waals surface area contributed by atoms with Crippen LogP contribution in [0, 0.1) is 19.8 Å². The second kappa shape index (κ2) is 6.02. The quantitative estimate of drug-likeness (QED) is 0.682. The van der Waals surface area contributed by atoms with E-state index in [1.165, 1.54) is 15.8 Å². The van der Waals surface area contributed by atoms with Crippen LogP contribution in [-0.4, -0.2) is 10.9 Å². The summed E-state index contributed by atoms with van der Waals surface area (Å²) in [5.74, 6) is 0.399. The number of aromatic nitrogens is 1. The van der Waals surface area contributed by atoms with Crippen molar-refractivity contribution in [2.24, 2.45) is 5.92 Å². The summed E-state index contributed by atoms with van der Waals surface area (Å²) >= 11 is 1.63. The van der Waals surface area contributed by atoms with Gasteiger partial charge in [-0.1, -0.05) is 47.7 Å². The molecule has 1 aliphatic carbocycles. The van der Waals surface area contributed by atoms with Crippen LogP contribution in [-0.2, 0) is 11.3 Å². The van der Waals surface area contributed by atoms with Crippen LogP contribution in [0.4, 0.5) is 5.13 Å². The van der Waals surface area contributed by atoms with E-state index in [2.05, 4.69) is 38.1 Å². The maximum Gasteiger partial charge on any atom is 0.232 e. The molecule has 0 atom stereocenters. The van der Waals surface area contributed by atoms with Crippen molar-refractivity contribution in [2.75, 3.05) is 4.90 Å². The van der Waals surface area contributed by atoms with Crippen LogP contribution in [0.3, 0.4) is 0 Å². The molecule has 0 unspecified atom stereocenters. The number of carbonyl (C=O) groups excluding carboxylic acids is 1. The third-order valence-electron chi connectivity index (χ3n) is 4.42. The minimum Gasteiger partial charge on any atom is -0.283 e. The molecule has 3 aromatic rings. The highest BCUT2D eigenvalue weighted by Crippen LogP contribution is 2.37. The lowest BCUT2D eigenvalue weighted by Crippen LogP contribution is -2.31. The molecule has 3 nitrogen and oxygen atoms in total. The van der Waals surface area contributed by atoms with E-state index in [9.17, 15) is 4.79 Å². The molecule has 0 N–H and O–H groups in total. The molecule has 2 aromatic carbocycles. The lowest BCUT2D eigenvalue weighted by Gasteiger charge is -2.19. The van der Waals surface area contributed by atoms with E-state index in [-0.39, 0.29) is 11.8 Å². The molecule has 1 amide bonds. The standard InChI is InChI=1S/C20H20N2OS/c1-13-10-14(2)18-17(11-13)21-20(24-18)22(19(23)16-8-9-16)12-15-6-4-3-5-7-15/h3-7,10-11,16H,8-9,12H2,1-2H3. The molecule has 1 aliphatic rings. The number of amides is 1. The van der Waals surface area contributed by atoms with E-state index in [4.69, 9.17) is 4.98 Å². The number of aryl methyl sites for hydroxylation is 2. The lowest BCUT2D eigenvalue weighted by atomic mass is 10.1. The number of hydrogen-bond donors (Lipinski definition) is 0. The summed E-state index contributed by atoms with van der Waals surface area (Å²) < 4.78 is 1.18. The van der Waals surface area contributed by atoms with Crippen molar-refractivity contribution in [3.63, 3.8) is 0 Å². The molecule has 24 heavy (non-hydrogen) atoms. The summed E-state index contributed by atoms with van der Waals surface area (Å²) in [5, 5.41) is 0.819. The Kier molecular flexibility index (Phi) is 3.85. The number of carbonyl (C=O) groups is 1. The Morgan fingerprint density at radius 1 is 1.21 bits per heavy atom. The molecule has 4 heteroatoms. The first kappa shape index (κ1) is 15.3. The Morgan fingerprint density at radius 2 is 1.96 bits per heavy atom. The minimum atomic E-state index is 0.184. The van der Waals surface area contributed by atoms with E-state index in [1.54, 1.807) is 11.3 Å². The van der Waals surface area contributed by atoms with Crippen LogP contribution in [0.2, 0.25) is 0 Å². The van der Waals surface area contributed by atoms with Gasteiger partial charge >= 0.3 is 0 Å². The van der Waals surface area contributed by atoms with Gasteiger partial charge in [0.25, 0.3) is 0 Å². The Hall–Kier alpha value is -2.20. The van der Waals surface area contributed by atoms with Crippen molar-refractivity contribution in [2.45, 2.75) is 33.2 Å². The summed E-state index contributed by atoms with van der Waals surface area (Å²) in [6.45, 7) is 4.79. The molecular weight excluding hydrogens is 316 g/mol. The molecule has 1 saturated carbocycles. The largest absolute Gasteiger partial charge is 0.283 e. The topological polar surface area (TPSA) is 33.2 Å². The van der Waals surface area contributed by atoms with Crippen molar-refractivity contribution in [3.8, 4) is 0 Å². The van der Waals surface area contributed by atoms with Gasteiger partial charge < -0.3 is 0 Å². The zero-order chi connectivity index (χ0) is 16.7. The fraction of sp³-hybridized carbons (Fsp3) is 0.300. The van der Waals surface area contributed by atoms with Crippen molar-refractivity contribution in [1.29, 1.82) is 0 Å². The zero-order valence-corrected chi connectivity index (χ0v) is 14.8. The predicted octanol–water partition coefficient (Wildman–Crippen LogP) is 4.86. The van der Waals surface area contributed by atoms with Gasteiger partial charge in [0, 0.05) is 5.92 Å². The average Bonchev–Trinajstić information content (AvgIpc) is 3.33. The van der Waals surface area contributed by atoms with Crippen LogP contribution < -0.4 is 4.90 Å². The fourth-order valence-electron chi connectivity index (χ4n) is 3.04. The highest BCUT2D eigenvalue weighted by atomic mass is 32.1. The lowest BCUT2D eigenvalue weighted by molar-refractivity contribution is -0.119. The van der Waals surface area contributed by atoms with E-state index in [1.807, 2.05) is 23.1 Å². The fourth-order valence-corrected chi connectivity index (χ4v) is 4.06. The molecule has 0 saturated heterocycles. The van der Waals surface area contributed by atoms with E-state index in [0.717, 1.165) is 29.1 Å². The second-order valence-corrected chi connectivity index (χ2v) is 7.59. The van der Waals surface area contributed by atoms with Gasteiger partial charge in [-0.2, -0.15) is 0 Å². The maximum atomic E-state index is 12.8. The molecule has 4 rings (SSSR count). The van der Waals surface area contributed by atoms with Crippen molar-refractivity contribution < 1.29 is 4.79 Å². The normalized spacial score (nSPS) is 14.1. The Labute approximate surface area is 146 Å². The van der Waals surface area contributed by atoms with Crippen molar-refractivity contribution in [3.05, 3.63) is 59.2 Å². The third kappa shape index (κ3) is 2.94. The highest BCUT2D eigenvalue weighted by Gasteiger charge is 2.35. The first-order chi connectivity index (χ1) is 11.6. The summed E-state index contributed by atoms with van der Waals surface area (Å²) in [4.78, 5) is 19.5. The molecule has 0 radical (unpaired) electrons. The molecule has 1 fully saturated rings. The van der Waals surface area contributed by atoms with Gasteiger partial charge in [-0.3, -0.25) is 9.69 Å². The number of nitrogens with zero attached hydrogens (tertiary/aromatic N) is 2. The molecule has 1 heterocycles. The number of thiazole rings is 1. The van der Waals surface area contributed by atoms with Crippen LogP contribution in [0.5, 0.6) is 0 Å². The predicted molar refractivity (Wildman–Crippen MR) is 99.5 cm³/mol. The first-order valence-corrected chi connectivity index (χ1v) is 9.16. The molecular formula is C20H20N2OS. The molecule has 0 bridgehead atoms. The maximum absolute atomic E-state index is 12.8. The van der Waals surface area contributed by atoms with Crippen molar-refractivity contribution in [1.82, 2.24) is 4.98 Å². The summed E-state index contributed by atoms with van der Waals surface area (Å²) in [7, 11) is 0. The van der Waals surface area contributed by atoms with Crippen LogP contribution in [0.1, 0.15) is 29.5 Å². The molecule has 122 valence electrons. The van der Waals surface area contributed by atoms with Gasteiger partial charge in [-0.15, -0.1) is 0 Å². The van der Waals surface area contributed by atoms with E-state index >= 15 is 0 Å². The minimum absolute atomic E-state index is 0.184. The van der Waals surface area contributed by atoms with Gasteiger partial charge in [0.2, 0.25) is 5.91 Å². The van der Waals surface area contributed by atoms with E-state index in [0.29, 0.717) is 6.54 Å². The van der Waals surface area contributed by atoms with Gasteiger partial charge in [-0.05, 0) is 49.4 Å². The van der Waals surface area contributed by atoms with Crippen molar-refractivity contribution >= 4 is 32.6 Å². The monoisotopic (exact) mass is 336 g/mol. The smallest absolute Gasteiger partial charge is 0.232 e. The zero-order valence-electron chi connectivity index (χ0n) is 14.0. The Morgan fingerprint density at radius 3 is 2.67 bits per heavy atom. The van der Waals surface area contributed by atoms with Crippen LogP contribution in [0.25, 0.3) is 10.2 Å². The summed E-state index contributed by atoms with van der Waals surface area (Å²) in [5.41, 5.74) is 4.57. The average molecular weight is 336 g/mol. The Balaban J connectivity index is 1.75. The Bertz CT molecular complexity index is 897. The summed E-state index contributed by atoms with van der Waals surface area (Å²) in [6.07, 6.45) is 2.01. The third-order valence-corrected chi connectivity index (χ3v) is 5.65. The number of rotatable bonds is 4. The molecule has 1 aromatic heterocycles. The van der Waals surface area contributed by atoms with Gasteiger partial charge in [0.15, 0.2) is 5.13 Å². The van der Waals surface area contributed by atoms with Gasteiger partial charge in [0.05, 0.1) is 16.8 Å². The summed E-state index contributed by atoms with van der Waals surface area (Å²) in [6, 6.07) is 14.4. The number of fused-ring (bicyclic) bond motifs is 1. The molecule has 0 spiro atoms. The van der Waals surface area contributed by atoms with Crippen LogP contribution >= 0.6 is 11.3 Å². The van der Waals surface area contributed by atoms with Gasteiger partial charge in [-0.25, -0.2) is 4.98 Å². The van der Waals surface area contributed by atoms with Gasteiger partial charge in [0.1, 0.15) is 0 Å². The number of hydrogen-bond acceptors (Lipinski definition) is 3. The first-order valence-electron chi connectivity index (χ1n) is 8.35. The molecule has 0 aliphatic heterocycles. The highest BCUT2D eigenvalue weighted by molar-refractivity contribution is 7.22.